The molecule has 0 spiro atoms. The van der Waals surface area contributed by atoms with Crippen LogP contribution in [0.2, 0.25) is 0 Å². The zero-order chi connectivity index (χ0) is 16.6. The van der Waals surface area contributed by atoms with Crippen LogP contribution in [0.15, 0.2) is 42.6 Å². The van der Waals surface area contributed by atoms with Crippen LogP contribution in [-0.2, 0) is 9.59 Å². The Bertz CT molecular complexity index is 790. The Kier molecular flexibility index (Phi) is 3.52. The Balaban J connectivity index is 1.94. The van der Waals surface area contributed by atoms with Crippen LogP contribution in [0.5, 0.6) is 5.75 Å². The third kappa shape index (κ3) is 2.42. The second-order valence-corrected chi connectivity index (χ2v) is 5.59. The summed E-state index contributed by atoms with van der Waals surface area (Å²) < 4.78 is 5.71. The van der Waals surface area contributed by atoms with E-state index in [1.807, 2.05) is 25.1 Å². The first-order valence-electron chi connectivity index (χ1n) is 7.23. The van der Waals surface area contributed by atoms with Crippen molar-refractivity contribution >= 4 is 23.3 Å². The number of ether oxygens (including phenoxy) is 1. The molecule has 3 rings (SSSR count). The number of pyridine rings is 1. The minimum absolute atomic E-state index is 0.400. The first kappa shape index (κ1) is 15.0. The van der Waals surface area contributed by atoms with Crippen molar-refractivity contribution in [2.24, 2.45) is 0 Å². The second kappa shape index (κ2) is 5.39. The van der Waals surface area contributed by atoms with E-state index < -0.39 is 17.4 Å². The highest BCUT2D eigenvalue weighted by atomic mass is 16.5. The topological polar surface area (TPSA) is 71.5 Å². The van der Waals surface area contributed by atoms with Crippen molar-refractivity contribution in [3.8, 4) is 5.75 Å². The lowest BCUT2D eigenvalue weighted by atomic mass is 10.0. The fourth-order valence-corrected chi connectivity index (χ4v) is 2.49. The largest absolute Gasteiger partial charge is 0.464 e. The van der Waals surface area contributed by atoms with Crippen LogP contribution in [0.1, 0.15) is 12.5 Å². The summed E-state index contributed by atoms with van der Waals surface area (Å²) in [5.41, 5.74) is -0.0922. The molecule has 0 fully saturated rings. The molecule has 0 aliphatic carbocycles. The number of fused-ring (bicyclic) bond motifs is 1. The van der Waals surface area contributed by atoms with Crippen LogP contribution in [0.25, 0.3) is 0 Å². The minimum Gasteiger partial charge on any atom is -0.464 e. The van der Waals surface area contributed by atoms with Crippen molar-refractivity contribution in [3.63, 3.8) is 0 Å². The van der Waals surface area contributed by atoms with Crippen LogP contribution < -0.4 is 15.0 Å². The molecule has 2 heterocycles. The first-order valence-corrected chi connectivity index (χ1v) is 7.23. The summed E-state index contributed by atoms with van der Waals surface area (Å²) in [6, 6.07) is 10.7. The molecule has 1 aliphatic rings. The van der Waals surface area contributed by atoms with Gasteiger partial charge in [0.1, 0.15) is 0 Å². The Hall–Kier alpha value is -2.89. The lowest BCUT2D eigenvalue weighted by molar-refractivity contribution is -0.145. The molecule has 1 aromatic carbocycles. The zero-order valence-electron chi connectivity index (χ0n) is 13.2. The van der Waals surface area contributed by atoms with E-state index in [0.29, 0.717) is 17.3 Å². The highest BCUT2D eigenvalue weighted by Gasteiger charge is 2.50. The van der Waals surface area contributed by atoms with Crippen LogP contribution in [0.3, 0.4) is 0 Å². The summed E-state index contributed by atoms with van der Waals surface area (Å²) in [4.78, 5) is 30.8. The van der Waals surface area contributed by atoms with Gasteiger partial charge in [-0.05, 0) is 37.6 Å². The van der Waals surface area contributed by atoms with Gasteiger partial charge in [-0.25, -0.2) is 4.98 Å². The van der Waals surface area contributed by atoms with Crippen molar-refractivity contribution < 1.29 is 14.3 Å². The monoisotopic (exact) mass is 311 g/mol. The Morgan fingerprint density at radius 3 is 2.74 bits per heavy atom. The highest BCUT2D eigenvalue weighted by molar-refractivity contribution is 6.19. The number of rotatable bonds is 2. The molecule has 23 heavy (non-hydrogen) atoms. The standard InChI is InChI=1S/C17H17N3O3/c1-11-7-4-5-8-12(11)19-15(21)17(2)16(22)20(3)14-13(23-17)9-6-10-18-14/h4-10H,1-3H3,(H,19,21)/t17-/m1/s1. The van der Waals surface area contributed by atoms with E-state index in [1.165, 1.54) is 11.8 Å². The van der Waals surface area contributed by atoms with E-state index in [9.17, 15) is 9.59 Å². The maximum absolute atomic E-state index is 12.7. The van der Waals surface area contributed by atoms with Gasteiger partial charge in [0, 0.05) is 18.9 Å². The van der Waals surface area contributed by atoms with Crippen LogP contribution in [-0.4, -0.2) is 29.4 Å². The number of hydrogen-bond acceptors (Lipinski definition) is 4. The number of hydrogen-bond donors (Lipinski definition) is 1. The summed E-state index contributed by atoms with van der Waals surface area (Å²) in [5, 5.41) is 2.77. The van der Waals surface area contributed by atoms with E-state index in [4.69, 9.17) is 4.74 Å². The van der Waals surface area contributed by atoms with Crippen molar-refractivity contribution in [1.29, 1.82) is 0 Å². The molecule has 2 aromatic rings. The number of para-hydroxylation sites is 1. The van der Waals surface area contributed by atoms with E-state index in [-0.39, 0.29) is 0 Å². The number of amides is 2. The number of carbonyl (C=O) groups is 2. The third-order valence-electron chi connectivity index (χ3n) is 3.92. The van der Waals surface area contributed by atoms with Crippen LogP contribution >= 0.6 is 0 Å². The average molecular weight is 311 g/mol. The fraction of sp³-hybridized carbons (Fsp3) is 0.235. The van der Waals surface area contributed by atoms with Crippen molar-refractivity contribution in [3.05, 3.63) is 48.2 Å². The lowest BCUT2D eigenvalue weighted by Gasteiger charge is -2.37. The quantitative estimate of drug-likeness (QED) is 0.863. The molecule has 1 N–H and O–H groups in total. The average Bonchev–Trinajstić information content (AvgIpc) is 2.55. The molecule has 0 saturated carbocycles. The molecular formula is C17H17N3O3. The fourth-order valence-electron chi connectivity index (χ4n) is 2.49. The molecule has 6 heteroatoms. The summed E-state index contributed by atoms with van der Waals surface area (Å²) >= 11 is 0. The van der Waals surface area contributed by atoms with E-state index in [1.54, 1.807) is 31.4 Å². The Morgan fingerprint density at radius 1 is 1.26 bits per heavy atom. The first-order chi connectivity index (χ1) is 10.9. The Morgan fingerprint density at radius 2 is 2.00 bits per heavy atom. The molecule has 1 atom stereocenters. The number of aromatic nitrogens is 1. The van der Waals surface area contributed by atoms with Gasteiger partial charge in [-0.2, -0.15) is 0 Å². The third-order valence-corrected chi connectivity index (χ3v) is 3.92. The van der Waals surface area contributed by atoms with Crippen molar-refractivity contribution in [1.82, 2.24) is 4.98 Å². The van der Waals surface area contributed by atoms with Gasteiger partial charge in [-0.3, -0.25) is 14.5 Å². The van der Waals surface area contributed by atoms with Gasteiger partial charge in [0.15, 0.2) is 11.6 Å². The molecule has 0 saturated heterocycles. The number of benzene rings is 1. The molecular weight excluding hydrogens is 294 g/mol. The van der Waals surface area contributed by atoms with Crippen molar-refractivity contribution in [2.75, 3.05) is 17.3 Å². The second-order valence-electron chi connectivity index (χ2n) is 5.59. The smallest absolute Gasteiger partial charge is 0.281 e. The maximum Gasteiger partial charge on any atom is 0.281 e. The van der Waals surface area contributed by atoms with Crippen LogP contribution in [0, 0.1) is 6.92 Å². The normalized spacial score (nSPS) is 19.8. The summed E-state index contributed by atoms with van der Waals surface area (Å²) in [5.74, 6) is -0.177. The number of nitrogens with one attached hydrogen (secondary N) is 1. The Labute approximate surface area is 134 Å². The van der Waals surface area contributed by atoms with Gasteiger partial charge >= 0.3 is 0 Å². The summed E-state index contributed by atoms with van der Waals surface area (Å²) in [6.45, 7) is 3.35. The summed E-state index contributed by atoms with van der Waals surface area (Å²) in [7, 11) is 1.58. The SMILES string of the molecule is Cc1ccccc1NC(=O)[C@@]1(C)Oc2cccnc2N(C)C1=O. The number of nitrogens with zero attached hydrogens (tertiary/aromatic N) is 2. The number of aryl methyl sites for hydroxylation is 1. The molecule has 2 amide bonds. The van der Waals surface area contributed by atoms with Gasteiger partial charge in [-0.1, -0.05) is 18.2 Å². The lowest BCUT2D eigenvalue weighted by Crippen LogP contribution is -2.60. The molecule has 1 aromatic heterocycles. The number of likely N-dealkylation sites (N-methyl/N-ethyl adjacent to an activating group) is 1. The van der Waals surface area contributed by atoms with Gasteiger partial charge in [0.25, 0.3) is 17.4 Å². The summed E-state index contributed by atoms with van der Waals surface area (Å²) in [6.07, 6.45) is 1.57. The molecule has 1 aliphatic heterocycles. The van der Waals surface area contributed by atoms with E-state index in [0.717, 1.165) is 5.56 Å². The number of carbonyl (C=O) groups excluding carboxylic acids is 2. The predicted molar refractivity (Wildman–Crippen MR) is 86.5 cm³/mol. The molecule has 118 valence electrons. The zero-order valence-corrected chi connectivity index (χ0v) is 13.2. The molecule has 0 radical (unpaired) electrons. The van der Waals surface area contributed by atoms with Gasteiger partial charge < -0.3 is 10.1 Å². The number of anilines is 2. The molecule has 0 unspecified atom stereocenters. The molecule has 6 nitrogen and oxygen atoms in total. The van der Waals surface area contributed by atoms with Gasteiger partial charge in [0.05, 0.1) is 0 Å². The van der Waals surface area contributed by atoms with Gasteiger partial charge in [-0.15, -0.1) is 0 Å². The maximum atomic E-state index is 12.7. The van der Waals surface area contributed by atoms with Crippen molar-refractivity contribution in [2.45, 2.75) is 19.4 Å². The minimum atomic E-state index is -1.65. The van der Waals surface area contributed by atoms with E-state index in [2.05, 4.69) is 10.3 Å². The van der Waals surface area contributed by atoms with E-state index >= 15 is 0 Å². The van der Waals surface area contributed by atoms with Crippen LogP contribution in [0.4, 0.5) is 11.5 Å². The molecule has 0 bridgehead atoms. The predicted octanol–water partition coefficient (Wildman–Crippen LogP) is 2.14. The van der Waals surface area contributed by atoms with Gasteiger partial charge in [0.2, 0.25) is 0 Å². The highest BCUT2D eigenvalue weighted by Crippen LogP contribution is 2.35.